The van der Waals surface area contributed by atoms with Gasteiger partial charge in [-0.2, -0.15) is 0 Å². The first-order chi connectivity index (χ1) is 17.0. The van der Waals surface area contributed by atoms with Gasteiger partial charge in [-0.25, -0.2) is 8.42 Å². The molecule has 0 saturated heterocycles. The zero-order valence-corrected chi connectivity index (χ0v) is 22.9. The Labute approximate surface area is 218 Å². The van der Waals surface area contributed by atoms with Crippen molar-refractivity contribution in [1.29, 1.82) is 0 Å². The third-order valence-corrected chi connectivity index (χ3v) is 6.91. The van der Waals surface area contributed by atoms with Crippen LogP contribution < -0.4 is 19.1 Å². The van der Waals surface area contributed by atoms with Crippen LogP contribution in [0.25, 0.3) is 0 Å². The number of ether oxygens (including phenoxy) is 2. The van der Waals surface area contributed by atoms with Gasteiger partial charge in [-0.15, -0.1) is 0 Å². The lowest BCUT2D eigenvalue weighted by molar-refractivity contribution is -0.140. The molecule has 0 spiro atoms. The Bertz CT molecular complexity index is 1140. The summed E-state index contributed by atoms with van der Waals surface area (Å²) in [5.74, 6) is -0.135. The van der Waals surface area contributed by atoms with Crippen LogP contribution in [0.5, 0.6) is 11.5 Å². The second-order valence-corrected chi connectivity index (χ2v) is 10.5. The number of carbonyl (C=O) groups is 2. The minimum absolute atomic E-state index is 0.103. The molecular weight excluding hydrogens is 506 g/mol. The fraction of sp³-hybridized carbons (Fsp3) is 0.440. The van der Waals surface area contributed by atoms with E-state index in [0.29, 0.717) is 23.7 Å². The van der Waals surface area contributed by atoms with Crippen LogP contribution in [0.2, 0.25) is 5.02 Å². The van der Waals surface area contributed by atoms with Gasteiger partial charge in [0.15, 0.2) is 0 Å². The smallest absolute Gasteiger partial charge is 0.244 e. The molecule has 0 heterocycles. The van der Waals surface area contributed by atoms with Crippen molar-refractivity contribution in [1.82, 2.24) is 10.2 Å². The number of methoxy groups -OCH3 is 2. The molecular formula is C25H34ClN3O6S. The molecule has 2 aromatic carbocycles. The van der Waals surface area contributed by atoms with Crippen LogP contribution in [0.3, 0.4) is 0 Å². The molecule has 36 heavy (non-hydrogen) atoms. The van der Waals surface area contributed by atoms with E-state index in [1.54, 1.807) is 37.3 Å². The maximum atomic E-state index is 13.7. The molecule has 1 atom stereocenters. The largest absolute Gasteiger partial charge is 0.497 e. The van der Waals surface area contributed by atoms with E-state index < -0.39 is 28.5 Å². The van der Waals surface area contributed by atoms with Crippen molar-refractivity contribution < 1.29 is 27.5 Å². The van der Waals surface area contributed by atoms with Crippen LogP contribution in [0.1, 0.15) is 32.3 Å². The molecule has 9 nitrogen and oxygen atoms in total. The molecule has 11 heteroatoms. The average Bonchev–Trinajstić information content (AvgIpc) is 2.85. The molecule has 0 saturated carbocycles. The highest BCUT2D eigenvalue weighted by Gasteiger charge is 2.32. The summed E-state index contributed by atoms with van der Waals surface area (Å²) in [5.41, 5.74) is 0.937. The number of halogens is 1. The molecule has 0 radical (unpaired) electrons. The Morgan fingerprint density at radius 3 is 2.25 bits per heavy atom. The maximum Gasteiger partial charge on any atom is 0.244 e. The molecule has 0 aliphatic rings. The van der Waals surface area contributed by atoms with Gasteiger partial charge in [0.2, 0.25) is 21.8 Å². The highest BCUT2D eigenvalue weighted by molar-refractivity contribution is 7.92. The molecule has 0 bridgehead atoms. The standard InChI is InChI=1S/C25H34ClN3O6S/c1-6-14-27-25(31)21(7-2)28(16-18-8-10-19(26)11-9-18)24(30)17-29(36(5,32)33)22-13-12-20(34-3)15-23(22)35-4/h8-13,15,21H,6-7,14,16-17H2,1-5H3,(H,27,31)/t21-/m1/s1. The second kappa shape index (κ2) is 13.4. The van der Waals surface area contributed by atoms with Gasteiger partial charge in [-0.1, -0.05) is 37.6 Å². The van der Waals surface area contributed by atoms with E-state index in [4.69, 9.17) is 21.1 Å². The van der Waals surface area contributed by atoms with Crippen molar-refractivity contribution in [3.05, 3.63) is 53.1 Å². The molecule has 198 valence electrons. The normalized spacial score (nSPS) is 11.9. The van der Waals surface area contributed by atoms with Gasteiger partial charge in [-0.05, 0) is 42.7 Å². The van der Waals surface area contributed by atoms with E-state index >= 15 is 0 Å². The van der Waals surface area contributed by atoms with Gasteiger partial charge < -0.3 is 19.7 Å². The summed E-state index contributed by atoms with van der Waals surface area (Å²) in [6.45, 7) is 3.79. The number of anilines is 1. The van der Waals surface area contributed by atoms with Crippen molar-refractivity contribution in [3.8, 4) is 11.5 Å². The van der Waals surface area contributed by atoms with E-state index in [9.17, 15) is 18.0 Å². The number of nitrogens with zero attached hydrogens (tertiary/aromatic N) is 2. The minimum atomic E-state index is -3.90. The molecule has 0 fully saturated rings. The van der Waals surface area contributed by atoms with Crippen LogP contribution in [0.15, 0.2) is 42.5 Å². The van der Waals surface area contributed by atoms with E-state index in [1.807, 2.05) is 6.92 Å². The molecule has 0 unspecified atom stereocenters. The summed E-state index contributed by atoms with van der Waals surface area (Å²) in [4.78, 5) is 28.1. The molecule has 0 aliphatic heterocycles. The predicted octanol–water partition coefficient (Wildman–Crippen LogP) is 3.46. The van der Waals surface area contributed by atoms with E-state index in [1.165, 1.54) is 31.3 Å². The van der Waals surface area contributed by atoms with Gasteiger partial charge in [-0.3, -0.25) is 13.9 Å². The molecule has 2 rings (SSSR count). The SMILES string of the molecule is CCCNC(=O)[C@@H](CC)N(Cc1ccc(Cl)cc1)C(=O)CN(c1ccc(OC)cc1OC)S(C)(=O)=O. The first kappa shape index (κ1) is 29.3. The molecule has 0 aromatic heterocycles. The number of nitrogens with one attached hydrogen (secondary N) is 1. The van der Waals surface area contributed by atoms with E-state index in [2.05, 4.69) is 5.32 Å². The predicted molar refractivity (Wildman–Crippen MR) is 141 cm³/mol. The summed E-state index contributed by atoms with van der Waals surface area (Å²) in [6, 6.07) is 10.8. The minimum Gasteiger partial charge on any atom is -0.497 e. The summed E-state index contributed by atoms with van der Waals surface area (Å²) in [5, 5.41) is 3.38. The molecule has 2 aromatic rings. The fourth-order valence-corrected chi connectivity index (χ4v) is 4.64. The van der Waals surface area contributed by atoms with Gasteiger partial charge in [0.1, 0.15) is 24.1 Å². The van der Waals surface area contributed by atoms with Crippen LogP contribution in [-0.2, 0) is 26.2 Å². The number of benzene rings is 2. The lowest BCUT2D eigenvalue weighted by Gasteiger charge is -2.33. The van der Waals surface area contributed by atoms with Crippen molar-refractivity contribution in [2.24, 2.45) is 0 Å². The summed E-state index contributed by atoms with van der Waals surface area (Å²) < 4.78 is 37.1. The van der Waals surface area contributed by atoms with Gasteiger partial charge in [0.05, 0.1) is 26.2 Å². The first-order valence-electron chi connectivity index (χ1n) is 11.6. The quantitative estimate of drug-likeness (QED) is 0.418. The third kappa shape index (κ3) is 7.76. The maximum absolute atomic E-state index is 13.7. The van der Waals surface area contributed by atoms with Crippen molar-refractivity contribution in [3.63, 3.8) is 0 Å². The summed E-state index contributed by atoms with van der Waals surface area (Å²) in [6.07, 6.45) is 2.10. The monoisotopic (exact) mass is 539 g/mol. The van der Waals surface area contributed by atoms with Crippen molar-refractivity contribution >= 4 is 39.1 Å². The average molecular weight is 540 g/mol. The fourth-order valence-electron chi connectivity index (χ4n) is 3.66. The third-order valence-electron chi connectivity index (χ3n) is 5.54. The van der Waals surface area contributed by atoms with Crippen molar-refractivity contribution in [2.75, 3.05) is 37.9 Å². The van der Waals surface area contributed by atoms with Crippen LogP contribution in [0, 0.1) is 0 Å². The Hall–Kier alpha value is -2.98. The highest BCUT2D eigenvalue weighted by Crippen LogP contribution is 2.33. The number of amides is 2. The molecule has 2 amide bonds. The topological polar surface area (TPSA) is 105 Å². The number of rotatable bonds is 13. The molecule has 0 aliphatic carbocycles. The van der Waals surface area contributed by atoms with Gasteiger partial charge in [0, 0.05) is 24.2 Å². The molecule has 1 N–H and O–H groups in total. The van der Waals surface area contributed by atoms with Gasteiger partial charge in [0.25, 0.3) is 0 Å². The Balaban J connectivity index is 2.48. The van der Waals surface area contributed by atoms with E-state index in [-0.39, 0.29) is 23.9 Å². The number of hydrogen-bond donors (Lipinski definition) is 1. The van der Waals surface area contributed by atoms with Crippen LogP contribution in [0.4, 0.5) is 5.69 Å². The Morgan fingerprint density at radius 2 is 1.72 bits per heavy atom. The second-order valence-electron chi connectivity index (χ2n) is 8.17. The number of hydrogen-bond acceptors (Lipinski definition) is 6. The summed E-state index contributed by atoms with van der Waals surface area (Å²) in [7, 11) is -1.01. The Morgan fingerprint density at radius 1 is 1.06 bits per heavy atom. The zero-order chi connectivity index (χ0) is 26.9. The van der Waals surface area contributed by atoms with Crippen LogP contribution >= 0.6 is 11.6 Å². The Kier molecular flexibility index (Phi) is 10.9. The lowest BCUT2D eigenvalue weighted by Crippen LogP contribution is -2.52. The highest BCUT2D eigenvalue weighted by atomic mass is 35.5. The lowest BCUT2D eigenvalue weighted by atomic mass is 10.1. The summed E-state index contributed by atoms with van der Waals surface area (Å²) >= 11 is 6.01. The first-order valence-corrected chi connectivity index (χ1v) is 13.8. The van der Waals surface area contributed by atoms with Crippen LogP contribution in [-0.4, -0.2) is 64.7 Å². The number of sulfonamides is 1. The zero-order valence-electron chi connectivity index (χ0n) is 21.3. The van der Waals surface area contributed by atoms with Crippen molar-refractivity contribution in [2.45, 2.75) is 39.3 Å². The van der Waals surface area contributed by atoms with E-state index in [0.717, 1.165) is 22.5 Å². The van der Waals surface area contributed by atoms with Gasteiger partial charge >= 0.3 is 0 Å². The number of carbonyl (C=O) groups excluding carboxylic acids is 2.